The average Bonchev–Trinajstić information content (AvgIpc) is 2.44. The van der Waals surface area contributed by atoms with Gasteiger partial charge in [0.1, 0.15) is 6.61 Å². The molecule has 0 fully saturated rings. The largest absolute Gasteiger partial charge is 0.374 e. The number of ketones is 1. The van der Waals surface area contributed by atoms with Crippen molar-refractivity contribution in [1.29, 1.82) is 0 Å². The molecule has 0 spiro atoms. The molecule has 0 unspecified atom stereocenters. The highest BCUT2D eigenvalue weighted by molar-refractivity contribution is 7.13. The highest BCUT2D eigenvalue weighted by atomic mass is 35.5. The SMILES string of the molecule is CCOCC(=O)c1scc(C)c1Cl. The van der Waals surface area contributed by atoms with E-state index >= 15 is 0 Å². The maximum atomic E-state index is 11.4. The zero-order valence-corrected chi connectivity index (χ0v) is 9.17. The summed E-state index contributed by atoms with van der Waals surface area (Å²) in [7, 11) is 0. The van der Waals surface area contributed by atoms with Crippen molar-refractivity contribution >= 4 is 28.7 Å². The van der Waals surface area contributed by atoms with Crippen LogP contribution >= 0.6 is 22.9 Å². The predicted octanol–water partition coefficient (Wildman–Crippen LogP) is 2.93. The molecule has 0 atom stereocenters. The number of hydrogen-bond donors (Lipinski definition) is 0. The highest BCUT2D eigenvalue weighted by Crippen LogP contribution is 2.27. The third-order valence-corrected chi connectivity index (χ3v) is 3.33. The second kappa shape index (κ2) is 4.74. The van der Waals surface area contributed by atoms with Crippen LogP contribution in [0.4, 0.5) is 0 Å². The lowest BCUT2D eigenvalue weighted by molar-refractivity contribution is 0.0787. The Labute approximate surface area is 86.5 Å². The third kappa shape index (κ3) is 2.53. The fraction of sp³-hybridized carbons (Fsp3) is 0.444. The molecule has 2 nitrogen and oxygen atoms in total. The van der Waals surface area contributed by atoms with Gasteiger partial charge in [-0.15, -0.1) is 11.3 Å². The molecule has 0 aliphatic rings. The molecule has 1 rings (SSSR count). The Morgan fingerprint density at radius 2 is 2.38 bits per heavy atom. The van der Waals surface area contributed by atoms with Crippen LogP contribution in [0.15, 0.2) is 5.38 Å². The average molecular weight is 219 g/mol. The van der Waals surface area contributed by atoms with Gasteiger partial charge in [0.15, 0.2) is 5.78 Å². The Morgan fingerprint density at radius 1 is 1.69 bits per heavy atom. The maximum Gasteiger partial charge on any atom is 0.199 e. The summed E-state index contributed by atoms with van der Waals surface area (Å²) in [6.45, 7) is 4.41. The minimum Gasteiger partial charge on any atom is -0.374 e. The van der Waals surface area contributed by atoms with E-state index < -0.39 is 0 Å². The van der Waals surface area contributed by atoms with Gasteiger partial charge >= 0.3 is 0 Å². The number of hydrogen-bond acceptors (Lipinski definition) is 3. The number of aryl methyl sites for hydroxylation is 1. The van der Waals surface area contributed by atoms with Crippen molar-refractivity contribution < 1.29 is 9.53 Å². The molecule has 0 amide bonds. The molecule has 1 aromatic heterocycles. The first-order valence-electron chi connectivity index (χ1n) is 4.01. The molecular formula is C9H11ClO2S. The Hall–Kier alpha value is -0.380. The molecule has 0 bridgehead atoms. The van der Waals surface area contributed by atoms with E-state index in [2.05, 4.69) is 0 Å². The van der Waals surface area contributed by atoms with Crippen molar-refractivity contribution in [1.82, 2.24) is 0 Å². The van der Waals surface area contributed by atoms with Gasteiger partial charge in [0, 0.05) is 6.61 Å². The summed E-state index contributed by atoms with van der Waals surface area (Å²) in [6.07, 6.45) is 0. The van der Waals surface area contributed by atoms with Crippen molar-refractivity contribution in [2.75, 3.05) is 13.2 Å². The van der Waals surface area contributed by atoms with E-state index in [1.165, 1.54) is 11.3 Å². The molecule has 72 valence electrons. The number of Topliss-reactive ketones (excluding diaryl/α,β-unsaturated/α-hetero) is 1. The molecule has 0 saturated heterocycles. The van der Waals surface area contributed by atoms with Crippen LogP contribution in [0.2, 0.25) is 5.02 Å². The summed E-state index contributed by atoms with van der Waals surface area (Å²) in [5, 5.41) is 2.44. The van der Waals surface area contributed by atoms with Crippen LogP contribution in [0, 0.1) is 6.92 Å². The molecule has 4 heteroatoms. The van der Waals surface area contributed by atoms with Crippen LogP contribution in [0.3, 0.4) is 0 Å². The van der Waals surface area contributed by atoms with Gasteiger partial charge in [-0.3, -0.25) is 4.79 Å². The van der Waals surface area contributed by atoms with Crippen LogP contribution in [-0.2, 0) is 4.74 Å². The van der Waals surface area contributed by atoms with Crippen molar-refractivity contribution in [3.63, 3.8) is 0 Å². The second-order valence-electron chi connectivity index (χ2n) is 2.62. The predicted molar refractivity (Wildman–Crippen MR) is 54.9 cm³/mol. The third-order valence-electron chi connectivity index (χ3n) is 1.59. The first-order chi connectivity index (χ1) is 6.16. The van der Waals surface area contributed by atoms with Gasteiger partial charge < -0.3 is 4.74 Å². The van der Waals surface area contributed by atoms with Gasteiger partial charge in [-0.25, -0.2) is 0 Å². The molecule has 0 aliphatic carbocycles. The number of rotatable bonds is 4. The molecule has 0 aromatic carbocycles. The van der Waals surface area contributed by atoms with Gasteiger partial charge in [-0.1, -0.05) is 11.6 Å². The monoisotopic (exact) mass is 218 g/mol. The van der Waals surface area contributed by atoms with Crippen LogP contribution in [0.5, 0.6) is 0 Å². The fourth-order valence-corrected chi connectivity index (χ4v) is 2.10. The van der Waals surface area contributed by atoms with Gasteiger partial charge in [0.2, 0.25) is 0 Å². The lowest BCUT2D eigenvalue weighted by atomic mass is 10.3. The molecule has 0 N–H and O–H groups in total. The first-order valence-corrected chi connectivity index (χ1v) is 5.27. The van der Waals surface area contributed by atoms with Crippen molar-refractivity contribution in [2.24, 2.45) is 0 Å². The summed E-state index contributed by atoms with van der Waals surface area (Å²) in [6, 6.07) is 0. The summed E-state index contributed by atoms with van der Waals surface area (Å²) < 4.78 is 5.01. The number of thiophene rings is 1. The van der Waals surface area contributed by atoms with Gasteiger partial charge in [0.05, 0.1) is 9.90 Å². The quantitative estimate of drug-likeness (QED) is 0.727. The molecule has 0 saturated carbocycles. The summed E-state index contributed by atoms with van der Waals surface area (Å²) in [4.78, 5) is 12.0. The maximum absolute atomic E-state index is 11.4. The smallest absolute Gasteiger partial charge is 0.199 e. The molecule has 1 heterocycles. The standard InChI is InChI=1S/C9H11ClO2S/c1-3-12-4-7(11)9-8(10)6(2)5-13-9/h5H,3-4H2,1-2H3. The van der Waals surface area contributed by atoms with E-state index in [-0.39, 0.29) is 12.4 Å². The van der Waals surface area contributed by atoms with Crippen molar-refractivity contribution in [3.05, 3.63) is 20.8 Å². The topological polar surface area (TPSA) is 26.3 Å². The number of ether oxygens (including phenoxy) is 1. The van der Waals surface area contributed by atoms with E-state index in [1.54, 1.807) is 0 Å². The molecule has 13 heavy (non-hydrogen) atoms. The summed E-state index contributed by atoms with van der Waals surface area (Å²) in [5.74, 6) is -0.0371. The van der Waals surface area contributed by atoms with Crippen LogP contribution in [-0.4, -0.2) is 19.0 Å². The van der Waals surface area contributed by atoms with E-state index in [4.69, 9.17) is 16.3 Å². The van der Waals surface area contributed by atoms with E-state index in [0.717, 1.165) is 5.56 Å². The normalized spacial score (nSPS) is 10.4. The van der Waals surface area contributed by atoms with Crippen molar-refractivity contribution in [2.45, 2.75) is 13.8 Å². The molecule has 0 radical (unpaired) electrons. The molecular weight excluding hydrogens is 208 g/mol. The van der Waals surface area contributed by atoms with E-state index in [9.17, 15) is 4.79 Å². The minimum absolute atomic E-state index is 0.0371. The zero-order valence-electron chi connectivity index (χ0n) is 7.59. The van der Waals surface area contributed by atoms with Gasteiger partial charge in [-0.2, -0.15) is 0 Å². The number of carbonyl (C=O) groups excluding carboxylic acids is 1. The van der Waals surface area contributed by atoms with Crippen molar-refractivity contribution in [3.8, 4) is 0 Å². The van der Waals surface area contributed by atoms with Crippen LogP contribution in [0.25, 0.3) is 0 Å². The minimum atomic E-state index is -0.0371. The Kier molecular flexibility index (Phi) is 3.90. The first kappa shape index (κ1) is 10.7. The highest BCUT2D eigenvalue weighted by Gasteiger charge is 2.13. The second-order valence-corrected chi connectivity index (χ2v) is 3.88. The lowest BCUT2D eigenvalue weighted by Gasteiger charge is -1.98. The van der Waals surface area contributed by atoms with Crippen LogP contribution in [0.1, 0.15) is 22.2 Å². The van der Waals surface area contributed by atoms with Gasteiger partial charge in [-0.05, 0) is 24.8 Å². The molecule has 0 aliphatic heterocycles. The Morgan fingerprint density at radius 3 is 2.85 bits per heavy atom. The lowest BCUT2D eigenvalue weighted by Crippen LogP contribution is -2.07. The molecule has 1 aromatic rings. The summed E-state index contributed by atoms with van der Waals surface area (Å²) >= 11 is 7.29. The van der Waals surface area contributed by atoms with Crippen LogP contribution < -0.4 is 0 Å². The Balaban J connectivity index is 2.71. The van der Waals surface area contributed by atoms with E-state index in [1.807, 2.05) is 19.2 Å². The summed E-state index contributed by atoms with van der Waals surface area (Å²) in [5.41, 5.74) is 0.950. The van der Waals surface area contributed by atoms with Gasteiger partial charge in [0.25, 0.3) is 0 Å². The Bertz CT molecular complexity index is 307. The number of halogens is 1. The fourth-order valence-electron chi connectivity index (χ4n) is 0.878. The van der Waals surface area contributed by atoms with E-state index in [0.29, 0.717) is 16.5 Å². The zero-order chi connectivity index (χ0) is 9.84. The number of carbonyl (C=O) groups is 1.